The van der Waals surface area contributed by atoms with Crippen LogP contribution in [0.4, 0.5) is 10.6 Å². The smallest absolute Gasteiger partial charge is 0.320 e. The number of benzene rings is 1. The van der Waals surface area contributed by atoms with Crippen molar-refractivity contribution in [3.8, 4) is 5.75 Å². The van der Waals surface area contributed by atoms with Crippen LogP contribution < -0.4 is 20.7 Å². The quantitative estimate of drug-likeness (QED) is 0.144. The molecule has 0 saturated carbocycles. The summed E-state index contributed by atoms with van der Waals surface area (Å²) in [5, 5.41) is 17.9. The number of nitrogens with zero attached hydrogens (tertiary/aromatic N) is 6. The molecule has 4 aromatic rings. The van der Waals surface area contributed by atoms with Crippen LogP contribution in [0.5, 0.6) is 5.75 Å². The Labute approximate surface area is 307 Å². The van der Waals surface area contributed by atoms with Crippen LogP contribution in [0.1, 0.15) is 120 Å². The molecule has 0 spiro atoms. The van der Waals surface area contributed by atoms with E-state index in [4.69, 9.17) is 9.47 Å². The van der Waals surface area contributed by atoms with E-state index < -0.39 is 6.03 Å². The number of anilines is 1. The van der Waals surface area contributed by atoms with Gasteiger partial charge in [0.2, 0.25) is 5.82 Å². The number of carbonyl (C=O) groups is 2. The number of carbonyl (C=O) groups excluding carboxylic acids is 2. The topological polar surface area (TPSA) is 148 Å². The molecular formula is C39H55N9O4. The highest BCUT2D eigenvalue weighted by molar-refractivity contribution is 5.92. The average Bonchev–Trinajstić information content (AvgIpc) is 3.54. The Bertz CT molecular complexity index is 1880. The van der Waals surface area contributed by atoms with Crippen LogP contribution in [0.15, 0.2) is 48.7 Å². The Kier molecular flexibility index (Phi) is 11.5. The first-order chi connectivity index (χ1) is 24.6. The van der Waals surface area contributed by atoms with Crippen molar-refractivity contribution in [3.63, 3.8) is 0 Å². The first kappa shape index (κ1) is 38.6. The number of ether oxygens (including phenoxy) is 2. The summed E-state index contributed by atoms with van der Waals surface area (Å²) in [5.41, 5.74) is 2.45. The van der Waals surface area contributed by atoms with Crippen LogP contribution in [0.2, 0.25) is 0 Å². The summed E-state index contributed by atoms with van der Waals surface area (Å²) in [6.45, 7) is 15.4. The Balaban J connectivity index is 1.31. The fraction of sp³-hybridized carbons (Fsp3) is 0.538. The molecule has 0 saturated heterocycles. The predicted molar refractivity (Wildman–Crippen MR) is 202 cm³/mol. The van der Waals surface area contributed by atoms with E-state index in [-0.39, 0.29) is 46.1 Å². The number of aromatic nitrogens is 5. The molecule has 13 heteroatoms. The molecule has 0 unspecified atom stereocenters. The molecule has 1 aromatic carbocycles. The first-order valence-corrected chi connectivity index (χ1v) is 18.1. The lowest BCUT2D eigenvalue weighted by atomic mass is 9.85. The maximum Gasteiger partial charge on any atom is 0.320 e. The molecule has 3 N–H and O–H groups in total. The van der Waals surface area contributed by atoms with Crippen molar-refractivity contribution >= 4 is 23.4 Å². The molecule has 13 nitrogen and oxygen atoms in total. The Morgan fingerprint density at radius 2 is 1.67 bits per heavy atom. The molecule has 0 bridgehead atoms. The van der Waals surface area contributed by atoms with Gasteiger partial charge in [0, 0.05) is 36.1 Å². The molecule has 1 aliphatic rings. The summed E-state index contributed by atoms with van der Waals surface area (Å²) in [4.78, 5) is 38.2. The first-order valence-electron chi connectivity index (χ1n) is 18.1. The van der Waals surface area contributed by atoms with E-state index in [1.54, 1.807) is 13.2 Å². The summed E-state index contributed by atoms with van der Waals surface area (Å²) in [6.07, 6.45) is 4.79. The molecule has 0 fully saturated rings. The summed E-state index contributed by atoms with van der Waals surface area (Å²) in [7, 11) is 5.72. The number of nitrogens with one attached hydrogen (secondary N) is 3. The highest BCUT2D eigenvalue weighted by atomic mass is 16.5. The van der Waals surface area contributed by atoms with Crippen molar-refractivity contribution in [2.75, 3.05) is 39.7 Å². The average molecular weight is 714 g/mol. The van der Waals surface area contributed by atoms with E-state index in [2.05, 4.69) is 68.7 Å². The van der Waals surface area contributed by atoms with Crippen molar-refractivity contribution in [1.29, 1.82) is 0 Å². The molecule has 5 rings (SSSR count). The maximum absolute atomic E-state index is 13.5. The number of methoxy groups -OCH3 is 1. The van der Waals surface area contributed by atoms with Crippen LogP contribution in [0.3, 0.4) is 0 Å². The van der Waals surface area contributed by atoms with Crippen LogP contribution in [-0.4, -0.2) is 81.3 Å². The lowest BCUT2D eigenvalue weighted by Crippen LogP contribution is -2.52. The van der Waals surface area contributed by atoms with E-state index in [1.807, 2.05) is 81.9 Å². The highest BCUT2D eigenvalue weighted by Crippen LogP contribution is 2.39. The largest absolute Gasteiger partial charge is 0.484 e. The number of amides is 3. The molecule has 0 aliphatic heterocycles. The van der Waals surface area contributed by atoms with Gasteiger partial charge in [0.15, 0.2) is 5.65 Å². The van der Waals surface area contributed by atoms with Gasteiger partial charge in [-0.3, -0.25) is 14.5 Å². The second kappa shape index (κ2) is 15.5. The maximum atomic E-state index is 13.5. The Morgan fingerprint density at radius 3 is 2.33 bits per heavy atom. The zero-order valence-electron chi connectivity index (χ0n) is 32.3. The van der Waals surface area contributed by atoms with E-state index in [0.29, 0.717) is 37.4 Å². The fourth-order valence-electron chi connectivity index (χ4n) is 6.94. The van der Waals surface area contributed by atoms with Gasteiger partial charge in [-0.15, -0.1) is 10.2 Å². The van der Waals surface area contributed by atoms with Gasteiger partial charge >= 0.3 is 6.03 Å². The zero-order valence-corrected chi connectivity index (χ0v) is 32.3. The minimum absolute atomic E-state index is 0.0182. The number of rotatable bonds is 13. The van der Waals surface area contributed by atoms with Gasteiger partial charge in [0.1, 0.15) is 23.5 Å². The van der Waals surface area contributed by atoms with E-state index in [0.717, 1.165) is 35.4 Å². The molecule has 1 aliphatic carbocycles. The number of likely N-dealkylation sites (N-methyl/N-ethyl adjacent to an activating group) is 1. The number of urea groups is 1. The van der Waals surface area contributed by atoms with Gasteiger partial charge in [0.25, 0.3) is 5.91 Å². The molecular weight excluding hydrogens is 658 g/mol. The minimum atomic E-state index is -0.419. The molecule has 52 heavy (non-hydrogen) atoms. The van der Waals surface area contributed by atoms with E-state index in [9.17, 15) is 9.59 Å². The molecule has 3 aromatic heterocycles. The Hall–Kier alpha value is -4.62. The standard InChI is InChI=1S/C39H55N9O4/c1-11-39(12-2,47(8)9)23-40-34(49)33-42-30(37(3,4)5)21-31(43-33)44-36(50)41-28-18-19-29(27-16-14-13-15-26(27)28)52-25-17-20-32-45-46-35(48(32)22-25)38(6,7)24-51-10/h13-17,20-22,28-29H,11-12,18-19,23-24H2,1-10H3,(H,40,49)(H2,41,42,43,44,50)/t28-,29+/m0/s1. The number of fused-ring (bicyclic) bond motifs is 2. The lowest BCUT2D eigenvalue weighted by molar-refractivity contribution is 0.0872. The summed E-state index contributed by atoms with van der Waals surface area (Å²) in [6, 6.07) is 12.9. The minimum Gasteiger partial charge on any atom is -0.484 e. The van der Waals surface area contributed by atoms with Crippen molar-refractivity contribution < 1.29 is 19.1 Å². The monoisotopic (exact) mass is 713 g/mol. The van der Waals surface area contributed by atoms with Gasteiger partial charge in [0.05, 0.1) is 24.5 Å². The van der Waals surface area contributed by atoms with Crippen LogP contribution in [0, 0.1) is 0 Å². The van der Waals surface area contributed by atoms with E-state index >= 15 is 0 Å². The van der Waals surface area contributed by atoms with Gasteiger partial charge in [-0.05, 0) is 63.0 Å². The molecule has 2 atom stereocenters. The van der Waals surface area contributed by atoms with Crippen molar-refractivity contribution in [3.05, 3.63) is 77.1 Å². The fourth-order valence-corrected chi connectivity index (χ4v) is 6.94. The molecule has 280 valence electrons. The van der Waals surface area contributed by atoms with Crippen LogP contribution >= 0.6 is 0 Å². The lowest BCUT2D eigenvalue weighted by Gasteiger charge is -2.38. The third-order valence-corrected chi connectivity index (χ3v) is 10.3. The zero-order chi connectivity index (χ0) is 37.8. The predicted octanol–water partition coefficient (Wildman–Crippen LogP) is 6.37. The number of hydrogen-bond acceptors (Lipinski definition) is 9. The molecule has 0 radical (unpaired) electrons. The van der Waals surface area contributed by atoms with Gasteiger partial charge in [-0.25, -0.2) is 14.8 Å². The highest BCUT2D eigenvalue weighted by Gasteiger charge is 2.32. The summed E-state index contributed by atoms with van der Waals surface area (Å²) >= 11 is 0. The number of hydrogen-bond donors (Lipinski definition) is 3. The summed E-state index contributed by atoms with van der Waals surface area (Å²) < 4.78 is 14.0. The number of pyridine rings is 1. The van der Waals surface area contributed by atoms with Crippen molar-refractivity contribution in [2.45, 2.75) is 103 Å². The van der Waals surface area contributed by atoms with Gasteiger partial charge in [-0.2, -0.15) is 0 Å². The van der Waals surface area contributed by atoms with Gasteiger partial charge < -0.3 is 25.0 Å². The van der Waals surface area contributed by atoms with Crippen LogP contribution in [-0.2, 0) is 15.6 Å². The normalized spacial score (nSPS) is 16.4. The van der Waals surface area contributed by atoms with Gasteiger partial charge in [-0.1, -0.05) is 72.7 Å². The van der Waals surface area contributed by atoms with Crippen LogP contribution in [0.25, 0.3) is 5.65 Å². The third kappa shape index (κ3) is 8.36. The summed E-state index contributed by atoms with van der Waals surface area (Å²) in [5.74, 6) is 1.38. The van der Waals surface area contributed by atoms with E-state index in [1.165, 1.54) is 0 Å². The molecule has 3 heterocycles. The third-order valence-electron chi connectivity index (χ3n) is 10.3. The van der Waals surface area contributed by atoms with Crippen molar-refractivity contribution in [2.24, 2.45) is 0 Å². The second-order valence-corrected chi connectivity index (χ2v) is 15.6. The van der Waals surface area contributed by atoms with Crippen molar-refractivity contribution in [1.82, 2.24) is 40.1 Å². The SMILES string of the molecule is CCC(CC)(CNC(=O)c1nc(NC(=O)N[C@H]2CC[C@@H](Oc3ccc4nnc(C(C)(C)COC)n4c3)c3ccccc32)cc(C(C)(C)C)n1)N(C)C. The molecule has 3 amide bonds. The second-order valence-electron chi connectivity index (χ2n) is 15.6. The Morgan fingerprint density at radius 1 is 0.962 bits per heavy atom.